The first-order valence-corrected chi connectivity index (χ1v) is 6.40. The highest BCUT2D eigenvalue weighted by Crippen LogP contribution is 2.20. The van der Waals surface area contributed by atoms with E-state index in [4.69, 9.17) is 5.73 Å². The molecular formula is C12H20BrN3. The van der Waals surface area contributed by atoms with Gasteiger partial charge in [-0.2, -0.15) is 0 Å². The van der Waals surface area contributed by atoms with E-state index in [0.717, 1.165) is 28.8 Å². The van der Waals surface area contributed by atoms with E-state index in [1.54, 1.807) is 0 Å². The lowest BCUT2D eigenvalue weighted by molar-refractivity contribution is 0.508. The van der Waals surface area contributed by atoms with Crippen LogP contribution in [0.2, 0.25) is 0 Å². The quantitative estimate of drug-likeness (QED) is 0.875. The Bertz CT molecular complexity index is 339. The fourth-order valence-corrected chi connectivity index (χ4v) is 2.18. The Balaban J connectivity index is 2.48. The van der Waals surface area contributed by atoms with Crippen LogP contribution in [0.15, 0.2) is 16.7 Å². The molecular weight excluding hydrogens is 266 g/mol. The smallest absolute Gasteiger partial charge is 0.140 e. The van der Waals surface area contributed by atoms with Crippen LogP contribution in [0.4, 0.5) is 5.82 Å². The van der Waals surface area contributed by atoms with Crippen LogP contribution in [0.5, 0.6) is 0 Å². The predicted molar refractivity (Wildman–Crippen MR) is 72.6 cm³/mol. The summed E-state index contributed by atoms with van der Waals surface area (Å²) in [5.74, 6) is 1.50. The number of hydrogen-bond acceptors (Lipinski definition) is 3. The molecule has 4 heteroatoms. The van der Waals surface area contributed by atoms with E-state index in [2.05, 4.69) is 40.1 Å². The number of rotatable bonds is 5. The summed E-state index contributed by atoms with van der Waals surface area (Å²) in [6.45, 7) is 7.14. The molecule has 1 rings (SSSR count). The molecule has 0 amide bonds. The summed E-state index contributed by atoms with van der Waals surface area (Å²) >= 11 is 3.48. The van der Waals surface area contributed by atoms with Gasteiger partial charge in [-0.3, -0.25) is 0 Å². The van der Waals surface area contributed by atoms with Crippen molar-refractivity contribution >= 4 is 21.7 Å². The number of pyridine rings is 1. The summed E-state index contributed by atoms with van der Waals surface area (Å²) in [5, 5.41) is 3.26. The summed E-state index contributed by atoms with van der Waals surface area (Å²) in [4.78, 5) is 4.32. The van der Waals surface area contributed by atoms with Gasteiger partial charge in [0.2, 0.25) is 0 Å². The van der Waals surface area contributed by atoms with Crippen LogP contribution in [0.1, 0.15) is 25.8 Å². The second-order valence-corrected chi connectivity index (χ2v) is 5.47. The lowest BCUT2D eigenvalue weighted by atomic mass is 10.0. The van der Waals surface area contributed by atoms with Crippen molar-refractivity contribution in [3.05, 3.63) is 22.3 Å². The average molecular weight is 286 g/mol. The van der Waals surface area contributed by atoms with Crippen molar-refractivity contribution in [1.82, 2.24) is 4.98 Å². The summed E-state index contributed by atoms with van der Waals surface area (Å²) in [6, 6.07) is 2.22. The van der Waals surface area contributed by atoms with Crippen LogP contribution >= 0.6 is 15.9 Å². The van der Waals surface area contributed by atoms with Crippen LogP contribution in [0, 0.1) is 12.8 Å². The Morgan fingerprint density at radius 1 is 1.50 bits per heavy atom. The van der Waals surface area contributed by atoms with Crippen LogP contribution in [0.25, 0.3) is 0 Å². The van der Waals surface area contributed by atoms with Crippen molar-refractivity contribution < 1.29 is 0 Å². The topological polar surface area (TPSA) is 50.9 Å². The van der Waals surface area contributed by atoms with E-state index < -0.39 is 0 Å². The zero-order valence-corrected chi connectivity index (χ0v) is 11.7. The third-order valence-electron chi connectivity index (χ3n) is 2.28. The lowest BCUT2D eigenvalue weighted by Crippen LogP contribution is -2.30. The highest BCUT2D eigenvalue weighted by Gasteiger charge is 2.07. The molecule has 0 aromatic carbocycles. The molecule has 0 saturated carbocycles. The fourth-order valence-electron chi connectivity index (χ4n) is 1.58. The molecule has 0 bridgehead atoms. The highest BCUT2D eigenvalue weighted by atomic mass is 79.9. The summed E-state index contributed by atoms with van der Waals surface area (Å²) in [5.41, 5.74) is 7.14. The molecule has 0 spiro atoms. The minimum Gasteiger partial charge on any atom is -0.368 e. The van der Waals surface area contributed by atoms with Gasteiger partial charge in [-0.05, 0) is 46.8 Å². The summed E-state index contributed by atoms with van der Waals surface area (Å²) < 4.78 is 0.990. The molecule has 3 nitrogen and oxygen atoms in total. The number of nitrogens with two attached hydrogens (primary N) is 1. The van der Waals surface area contributed by atoms with Crippen LogP contribution in [0.3, 0.4) is 0 Å². The molecule has 0 aliphatic heterocycles. The van der Waals surface area contributed by atoms with Gasteiger partial charge in [-0.1, -0.05) is 13.8 Å². The van der Waals surface area contributed by atoms with Crippen molar-refractivity contribution in [3.63, 3.8) is 0 Å². The SMILES string of the molecule is Cc1cnc(NCC(N)CC(C)C)c(Br)c1. The molecule has 0 aliphatic rings. The molecule has 0 fully saturated rings. The van der Waals surface area contributed by atoms with Gasteiger partial charge in [-0.15, -0.1) is 0 Å². The third-order valence-corrected chi connectivity index (χ3v) is 2.89. The van der Waals surface area contributed by atoms with Crippen LogP contribution in [-0.4, -0.2) is 17.6 Å². The van der Waals surface area contributed by atoms with Gasteiger partial charge in [0.05, 0.1) is 4.47 Å². The normalized spacial score (nSPS) is 12.9. The summed E-state index contributed by atoms with van der Waals surface area (Å²) in [6.07, 6.45) is 2.87. The monoisotopic (exact) mass is 285 g/mol. The van der Waals surface area contributed by atoms with Crippen LogP contribution < -0.4 is 11.1 Å². The van der Waals surface area contributed by atoms with E-state index in [0.29, 0.717) is 5.92 Å². The molecule has 1 unspecified atom stereocenters. The molecule has 1 heterocycles. The van der Waals surface area contributed by atoms with E-state index in [1.165, 1.54) is 0 Å². The number of aryl methyl sites for hydroxylation is 1. The second-order valence-electron chi connectivity index (χ2n) is 4.61. The maximum Gasteiger partial charge on any atom is 0.140 e. The minimum atomic E-state index is 0.176. The largest absolute Gasteiger partial charge is 0.368 e. The van der Waals surface area contributed by atoms with Gasteiger partial charge in [0.15, 0.2) is 0 Å². The van der Waals surface area contributed by atoms with Crippen molar-refractivity contribution in [3.8, 4) is 0 Å². The Hall–Kier alpha value is -0.610. The van der Waals surface area contributed by atoms with Gasteiger partial charge in [0.25, 0.3) is 0 Å². The van der Waals surface area contributed by atoms with Gasteiger partial charge in [0.1, 0.15) is 5.82 Å². The highest BCUT2D eigenvalue weighted by molar-refractivity contribution is 9.10. The number of hydrogen-bond donors (Lipinski definition) is 2. The first kappa shape index (κ1) is 13.5. The third kappa shape index (κ3) is 4.49. The number of halogens is 1. The second kappa shape index (κ2) is 6.21. The first-order chi connectivity index (χ1) is 7.49. The van der Waals surface area contributed by atoms with E-state index in [-0.39, 0.29) is 6.04 Å². The maximum absolute atomic E-state index is 6.00. The number of aromatic nitrogens is 1. The zero-order valence-electron chi connectivity index (χ0n) is 10.1. The lowest BCUT2D eigenvalue weighted by Gasteiger charge is -2.15. The maximum atomic E-state index is 6.00. The molecule has 0 saturated heterocycles. The Kier molecular flexibility index (Phi) is 5.22. The van der Waals surface area contributed by atoms with Crippen molar-refractivity contribution in [2.24, 2.45) is 11.7 Å². The molecule has 0 radical (unpaired) electrons. The van der Waals surface area contributed by atoms with Crippen molar-refractivity contribution in [1.29, 1.82) is 0 Å². The molecule has 1 atom stereocenters. The van der Waals surface area contributed by atoms with E-state index in [9.17, 15) is 0 Å². The number of nitrogens with zero attached hydrogens (tertiary/aromatic N) is 1. The molecule has 1 aromatic rings. The number of nitrogens with one attached hydrogen (secondary N) is 1. The van der Waals surface area contributed by atoms with E-state index in [1.807, 2.05) is 19.2 Å². The van der Waals surface area contributed by atoms with Gasteiger partial charge >= 0.3 is 0 Å². The van der Waals surface area contributed by atoms with Crippen molar-refractivity contribution in [2.75, 3.05) is 11.9 Å². The zero-order chi connectivity index (χ0) is 12.1. The fraction of sp³-hybridized carbons (Fsp3) is 0.583. The predicted octanol–water partition coefficient (Wildman–Crippen LogP) is 2.94. The van der Waals surface area contributed by atoms with E-state index >= 15 is 0 Å². The molecule has 3 N–H and O–H groups in total. The molecule has 16 heavy (non-hydrogen) atoms. The van der Waals surface area contributed by atoms with Gasteiger partial charge in [0, 0.05) is 18.8 Å². The number of anilines is 1. The molecule has 1 aromatic heterocycles. The Labute approximate surface area is 106 Å². The molecule has 90 valence electrons. The standard InChI is InChI=1S/C12H20BrN3/c1-8(2)4-10(14)7-16-12-11(13)5-9(3)6-15-12/h5-6,8,10H,4,7,14H2,1-3H3,(H,15,16). The Morgan fingerprint density at radius 3 is 2.75 bits per heavy atom. The minimum absolute atomic E-state index is 0.176. The first-order valence-electron chi connectivity index (χ1n) is 5.60. The Morgan fingerprint density at radius 2 is 2.19 bits per heavy atom. The van der Waals surface area contributed by atoms with Gasteiger partial charge in [-0.25, -0.2) is 4.98 Å². The van der Waals surface area contributed by atoms with Crippen molar-refractivity contribution in [2.45, 2.75) is 33.2 Å². The van der Waals surface area contributed by atoms with Gasteiger partial charge < -0.3 is 11.1 Å². The average Bonchev–Trinajstić information content (AvgIpc) is 2.15. The van der Waals surface area contributed by atoms with Crippen LogP contribution in [-0.2, 0) is 0 Å². The summed E-state index contributed by atoms with van der Waals surface area (Å²) in [7, 11) is 0. The molecule has 0 aliphatic carbocycles.